The molecule has 2 saturated heterocycles. The van der Waals surface area contributed by atoms with Crippen LogP contribution >= 0.6 is 0 Å². The third-order valence-corrected chi connectivity index (χ3v) is 5.20. The van der Waals surface area contributed by atoms with Gasteiger partial charge in [0.1, 0.15) is 0 Å². The minimum absolute atomic E-state index is 0.173. The van der Waals surface area contributed by atoms with Gasteiger partial charge < -0.3 is 10.0 Å². The topological polar surface area (TPSA) is 43.8 Å². The van der Waals surface area contributed by atoms with E-state index in [1.807, 2.05) is 18.2 Å². The highest BCUT2D eigenvalue weighted by molar-refractivity contribution is 5.75. The summed E-state index contributed by atoms with van der Waals surface area (Å²) < 4.78 is 0. The number of likely N-dealkylation sites (tertiary alicyclic amines) is 2. The van der Waals surface area contributed by atoms with E-state index in [1.54, 1.807) is 6.92 Å². The molecular formula is C18H26N2O2. The van der Waals surface area contributed by atoms with Crippen LogP contribution in [0.15, 0.2) is 30.3 Å². The first-order valence-electron chi connectivity index (χ1n) is 8.41. The highest BCUT2D eigenvalue weighted by Crippen LogP contribution is 2.41. The smallest absolute Gasteiger partial charge is 0.220 e. The van der Waals surface area contributed by atoms with Gasteiger partial charge in [0.25, 0.3) is 0 Å². The summed E-state index contributed by atoms with van der Waals surface area (Å²) in [6.07, 6.45) is 4.38. The molecule has 22 heavy (non-hydrogen) atoms. The summed E-state index contributed by atoms with van der Waals surface area (Å²) in [4.78, 5) is 16.8. The van der Waals surface area contributed by atoms with Crippen LogP contribution in [0.25, 0.3) is 0 Å². The molecule has 2 aliphatic rings. The van der Waals surface area contributed by atoms with Crippen molar-refractivity contribution in [3.63, 3.8) is 0 Å². The van der Waals surface area contributed by atoms with Crippen molar-refractivity contribution in [2.75, 3.05) is 19.7 Å². The van der Waals surface area contributed by atoms with Crippen LogP contribution in [0.1, 0.15) is 44.2 Å². The van der Waals surface area contributed by atoms with Crippen LogP contribution < -0.4 is 0 Å². The van der Waals surface area contributed by atoms with Gasteiger partial charge in [-0.25, -0.2) is 0 Å². The number of hydrogen-bond acceptors (Lipinski definition) is 3. The minimum Gasteiger partial charge on any atom is -0.395 e. The molecule has 1 aromatic rings. The van der Waals surface area contributed by atoms with Crippen LogP contribution in [0.2, 0.25) is 0 Å². The number of carbonyl (C=O) groups is 1. The number of hydrogen-bond donors (Lipinski definition) is 1. The second-order valence-corrected chi connectivity index (χ2v) is 6.48. The van der Waals surface area contributed by atoms with Gasteiger partial charge in [-0.15, -0.1) is 0 Å². The minimum atomic E-state index is 0.173. The number of nitrogens with zero attached hydrogens (tertiary/aromatic N) is 2. The predicted molar refractivity (Wildman–Crippen MR) is 86.4 cm³/mol. The number of aliphatic hydroxyl groups excluding tert-OH is 1. The van der Waals surface area contributed by atoms with Gasteiger partial charge >= 0.3 is 0 Å². The number of amides is 1. The quantitative estimate of drug-likeness (QED) is 0.931. The fraction of sp³-hybridized carbons (Fsp3) is 0.611. The maximum absolute atomic E-state index is 12.3. The number of β-amino-alcohol motifs (C(OH)–C–C–N with tert-alkyl or cyclic N) is 1. The van der Waals surface area contributed by atoms with E-state index in [4.69, 9.17) is 0 Å². The normalized spacial score (nSPS) is 29.2. The van der Waals surface area contributed by atoms with Gasteiger partial charge in [0, 0.05) is 25.6 Å². The van der Waals surface area contributed by atoms with Gasteiger partial charge in [-0.2, -0.15) is 0 Å². The van der Waals surface area contributed by atoms with Gasteiger partial charge in [0.05, 0.1) is 12.6 Å². The van der Waals surface area contributed by atoms with Crippen LogP contribution in [-0.2, 0) is 4.79 Å². The molecule has 0 aliphatic carbocycles. The Labute approximate surface area is 132 Å². The average Bonchev–Trinajstić information content (AvgIpc) is 2.81. The van der Waals surface area contributed by atoms with Gasteiger partial charge in [0.15, 0.2) is 0 Å². The highest BCUT2D eigenvalue weighted by atomic mass is 16.3. The van der Waals surface area contributed by atoms with Gasteiger partial charge in [-0.3, -0.25) is 9.69 Å². The highest BCUT2D eigenvalue weighted by Gasteiger charge is 2.45. The zero-order chi connectivity index (χ0) is 15.5. The third-order valence-electron chi connectivity index (χ3n) is 5.20. The van der Waals surface area contributed by atoms with E-state index in [-0.39, 0.29) is 24.6 Å². The second kappa shape index (κ2) is 6.80. The fourth-order valence-corrected chi connectivity index (χ4v) is 4.30. The summed E-state index contributed by atoms with van der Waals surface area (Å²) in [6.45, 7) is 3.64. The largest absolute Gasteiger partial charge is 0.395 e. The van der Waals surface area contributed by atoms with Crippen LogP contribution in [0.4, 0.5) is 0 Å². The monoisotopic (exact) mass is 302 g/mol. The number of fused-ring (bicyclic) bond motifs is 1. The van der Waals surface area contributed by atoms with E-state index in [1.165, 1.54) is 5.56 Å². The Morgan fingerprint density at radius 1 is 1.23 bits per heavy atom. The summed E-state index contributed by atoms with van der Waals surface area (Å²) in [6, 6.07) is 11.2. The second-order valence-electron chi connectivity index (χ2n) is 6.48. The lowest BCUT2D eigenvalue weighted by molar-refractivity contribution is -0.132. The lowest BCUT2D eigenvalue weighted by Gasteiger charge is -2.33. The number of aliphatic hydroxyl groups is 1. The molecule has 0 bridgehead atoms. The molecule has 2 aliphatic heterocycles. The van der Waals surface area contributed by atoms with Crippen molar-refractivity contribution >= 4 is 5.91 Å². The molecule has 0 unspecified atom stereocenters. The molecule has 120 valence electrons. The first-order chi connectivity index (χ1) is 10.7. The predicted octanol–water partition coefficient (Wildman–Crippen LogP) is 2.20. The number of carbonyl (C=O) groups excluding carboxylic acids is 1. The molecule has 2 fully saturated rings. The Morgan fingerprint density at radius 2 is 2.00 bits per heavy atom. The van der Waals surface area contributed by atoms with E-state index in [0.29, 0.717) is 12.6 Å². The number of rotatable bonds is 3. The summed E-state index contributed by atoms with van der Waals surface area (Å²) in [5, 5.41) is 9.37. The zero-order valence-corrected chi connectivity index (χ0v) is 13.3. The van der Waals surface area contributed by atoms with Crippen molar-refractivity contribution < 1.29 is 9.90 Å². The zero-order valence-electron chi connectivity index (χ0n) is 13.3. The van der Waals surface area contributed by atoms with Crippen molar-refractivity contribution in [3.8, 4) is 0 Å². The number of benzene rings is 1. The Bertz CT molecular complexity index is 505. The molecule has 0 radical (unpaired) electrons. The van der Waals surface area contributed by atoms with Gasteiger partial charge in [-0.05, 0) is 31.4 Å². The first kappa shape index (κ1) is 15.5. The molecule has 0 aromatic heterocycles. The molecule has 3 atom stereocenters. The molecule has 1 N–H and O–H groups in total. The maximum atomic E-state index is 12.3. The molecule has 4 heteroatoms. The fourth-order valence-electron chi connectivity index (χ4n) is 4.30. The van der Waals surface area contributed by atoms with Gasteiger partial charge in [-0.1, -0.05) is 36.8 Å². The average molecular weight is 302 g/mol. The molecule has 1 aromatic carbocycles. The van der Waals surface area contributed by atoms with E-state index in [9.17, 15) is 9.90 Å². The van der Waals surface area contributed by atoms with Gasteiger partial charge in [0.2, 0.25) is 5.91 Å². The molecule has 2 heterocycles. The Hall–Kier alpha value is -1.39. The molecule has 1 amide bonds. The summed E-state index contributed by atoms with van der Waals surface area (Å²) >= 11 is 0. The summed E-state index contributed by atoms with van der Waals surface area (Å²) in [7, 11) is 0. The maximum Gasteiger partial charge on any atom is 0.220 e. The van der Waals surface area contributed by atoms with Crippen molar-refractivity contribution in [1.29, 1.82) is 0 Å². The summed E-state index contributed by atoms with van der Waals surface area (Å²) in [5.74, 6) is 0.173. The molecule has 0 saturated carbocycles. The van der Waals surface area contributed by atoms with E-state index in [2.05, 4.69) is 21.9 Å². The van der Waals surface area contributed by atoms with Crippen LogP contribution in [0.3, 0.4) is 0 Å². The van der Waals surface area contributed by atoms with E-state index >= 15 is 0 Å². The lowest BCUT2D eigenvalue weighted by atomic mass is 10.0. The lowest BCUT2D eigenvalue weighted by Crippen LogP contribution is -2.46. The standard InChI is InChI=1S/C18H26N2O2/c1-14(22)20-16-9-5-6-10-19(11-12-21)18(16)13-17(20)15-7-3-2-4-8-15/h2-4,7-8,16-18,21H,5-6,9-13H2,1H3/t16-,17-,18+/m0/s1. The molecule has 0 spiro atoms. The van der Waals surface area contributed by atoms with Crippen molar-refractivity contribution in [1.82, 2.24) is 9.80 Å². The Balaban J connectivity index is 1.91. The van der Waals surface area contributed by atoms with Crippen LogP contribution in [0, 0.1) is 0 Å². The van der Waals surface area contributed by atoms with Crippen molar-refractivity contribution in [2.24, 2.45) is 0 Å². The molecule has 3 rings (SSSR count). The van der Waals surface area contributed by atoms with Crippen molar-refractivity contribution in [2.45, 2.75) is 50.7 Å². The van der Waals surface area contributed by atoms with E-state index < -0.39 is 0 Å². The summed E-state index contributed by atoms with van der Waals surface area (Å²) in [5.41, 5.74) is 1.23. The van der Waals surface area contributed by atoms with Crippen LogP contribution in [-0.4, -0.2) is 52.6 Å². The Kier molecular flexibility index (Phi) is 4.79. The SMILES string of the molecule is CC(=O)N1[C@H](c2ccccc2)C[C@@H]2[C@@H]1CCCCN2CCO. The third kappa shape index (κ3) is 2.90. The van der Waals surface area contributed by atoms with Crippen LogP contribution in [0.5, 0.6) is 0 Å². The first-order valence-corrected chi connectivity index (χ1v) is 8.41. The van der Waals surface area contributed by atoms with Crippen molar-refractivity contribution in [3.05, 3.63) is 35.9 Å². The Morgan fingerprint density at radius 3 is 2.68 bits per heavy atom. The molecule has 4 nitrogen and oxygen atoms in total. The molecular weight excluding hydrogens is 276 g/mol. The van der Waals surface area contributed by atoms with E-state index in [0.717, 1.165) is 32.2 Å².